The van der Waals surface area contributed by atoms with E-state index in [9.17, 15) is 4.39 Å². The molecule has 2 saturated heterocycles. The predicted octanol–water partition coefficient (Wildman–Crippen LogP) is 1.74. The van der Waals surface area contributed by atoms with Crippen LogP contribution in [0, 0.1) is 11.7 Å². The van der Waals surface area contributed by atoms with Crippen molar-refractivity contribution in [2.45, 2.75) is 31.3 Å². The van der Waals surface area contributed by atoms with Gasteiger partial charge in [0.15, 0.2) is 0 Å². The van der Waals surface area contributed by atoms with Gasteiger partial charge in [-0.15, -0.1) is 0 Å². The van der Waals surface area contributed by atoms with Crippen LogP contribution in [0.2, 0.25) is 0 Å². The molecule has 3 heterocycles. The smallest absolute Gasteiger partial charge is 0.213 e. The Bertz CT molecular complexity index is 368. The van der Waals surface area contributed by atoms with Crippen LogP contribution < -0.4 is 10.1 Å². The van der Waals surface area contributed by atoms with Crippen molar-refractivity contribution in [1.82, 2.24) is 10.3 Å². The van der Waals surface area contributed by atoms with E-state index in [1.54, 1.807) is 6.07 Å². The number of pyridine rings is 1. The van der Waals surface area contributed by atoms with Crippen LogP contribution in [-0.4, -0.2) is 23.7 Å². The van der Waals surface area contributed by atoms with Crippen molar-refractivity contribution >= 4 is 0 Å². The third kappa shape index (κ3) is 1.89. The van der Waals surface area contributed by atoms with Gasteiger partial charge in [0.2, 0.25) is 5.88 Å². The van der Waals surface area contributed by atoms with Gasteiger partial charge in [-0.2, -0.15) is 0 Å². The second kappa shape index (κ2) is 4.01. The lowest BCUT2D eigenvalue weighted by Gasteiger charge is -2.19. The highest BCUT2D eigenvalue weighted by Gasteiger charge is 2.39. The summed E-state index contributed by atoms with van der Waals surface area (Å²) in [7, 11) is 0. The summed E-state index contributed by atoms with van der Waals surface area (Å²) in [5.74, 6) is 0.781. The molecule has 0 radical (unpaired) electrons. The molecule has 3 atom stereocenters. The van der Waals surface area contributed by atoms with Crippen LogP contribution in [0.1, 0.15) is 19.3 Å². The lowest BCUT2D eigenvalue weighted by atomic mass is 9.90. The Hall–Kier alpha value is -1.16. The number of ether oxygens (including phenoxy) is 1. The van der Waals surface area contributed by atoms with Crippen molar-refractivity contribution in [2.24, 2.45) is 5.92 Å². The lowest BCUT2D eigenvalue weighted by Crippen LogP contribution is -2.27. The van der Waals surface area contributed by atoms with Gasteiger partial charge in [-0.3, -0.25) is 0 Å². The number of nitrogens with one attached hydrogen (secondary N) is 1. The maximum atomic E-state index is 12.6. The van der Waals surface area contributed by atoms with Crippen molar-refractivity contribution in [3.8, 4) is 5.88 Å². The van der Waals surface area contributed by atoms with Gasteiger partial charge in [-0.1, -0.05) is 0 Å². The lowest BCUT2D eigenvalue weighted by molar-refractivity contribution is 0.216. The van der Waals surface area contributed by atoms with Crippen LogP contribution in [0.25, 0.3) is 0 Å². The van der Waals surface area contributed by atoms with E-state index in [4.69, 9.17) is 4.74 Å². The van der Waals surface area contributed by atoms with Gasteiger partial charge in [0.05, 0.1) is 12.8 Å². The van der Waals surface area contributed by atoms with Gasteiger partial charge >= 0.3 is 0 Å². The van der Waals surface area contributed by atoms with Crippen LogP contribution in [0.5, 0.6) is 5.88 Å². The normalized spacial score (nSPS) is 31.9. The van der Waals surface area contributed by atoms with Gasteiger partial charge < -0.3 is 10.1 Å². The number of halogens is 1. The predicted molar refractivity (Wildman–Crippen MR) is 57.7 cm³/mol. The second-order valence-corrected chi connectivity index (χ2v) is 4.67. The van der Waals surface area contributed by atoms with Crippen molar-refractivity contribution in [1.29, 1.82) is 0 Å². The number of hydrogen-bond donors (Lipinski definition) is 1. The first kappa shape index (κ1) is 10.0. The van der Waals surface area contributed by atoms with Gasteiger partial charge in [-0.25, -0.2) is 9.37 Å². The number of hydrogen-bond acceptors (Lipinski definition) is 3. The van der Waals surface area contributed by atoms with Crippen LogP contribution in [0.3, 0.4) is 0 Å². The quantitative estimate of drug-likeness (QED) is 0.845. The fraction of sp³-hybridized carbons (Fsp3) is 0.583. The Morgan fingerprint density at radius 1 is 1.44 bits per heavy atom. The summed E-state index contributed by atoms with van der Waals surface area (Å²) in [6.07, 6.45) is 4.95. The Labute approximate surface area is 94.0 Å². The van der Waals surface area contributed by atoms with Crippen LogP contribution in [0.4, 0.5) is 4.39 Å². The molecule has 1 aromatic rings. The van der Waals surface area contributed by atoms with E-state index < -0.39 is 0 Å². The standard InChI is InChI=1S/C12H15FN2O/c13-9-1-4-12(14-6-9)16-7-8-5-10-2-3-11(8)15-10/h1,4,6,8,10-11,15H,2-3,5,7H2. The molecule has 2 aliphatic rings. The molecule has 3 rings (SSSR count). The molecule has 3 nitrogen and oxygen atoms in total. The molecule has 2 fully saturated rings. The maximum Gasteiger partial charge on any atom is 0.213 e. The van der Waals surface area contributed by atoms with E-state index >= 15 is 0 Å². The van der Waals surface area contributed by atoms with Crippen molar-refractivity contribution < 1.29 is 9.13 Å². The number of rotatable bonds is 3. The summed E-state index contributed by atoms with van der Waals surface area (Å²) in [4.78, 5) is 3.88. The molecular formula is C12H15FN2O. The van der Waals surface area contributed by atoms with E-state index in [2.05, 4.69) is 10.3 Å². The van der Waals surface area contributed by atoms with Crippen LogP contribution in [0.15, 0.2) is 18.3 Å². The third-order valence-electron chi connectivity index (χ3n) is 3.58. The van der Waals surface area contributed by atoms with Gasteiger partial charge in [0.25, 0.3) is 0 Å². The van der Waals surface area contributed by atoms with Crippen molar-refractivity contribution in [3.63, 3.8) is 0 Å². The molecule has 2 bridgehead atoms. The van der Waals surface area contributed by atoms with E-state index in [1.807, 2.05) is 0 Å². The highest BCUT2D eigenvalue weighted by molar-refractivity contribution is 5.11. The van der Waals surface area contributed by atoms with Gasteiger partial charge in [0.1, 0.15) is 5.82 Å². The summed E-state index contributed by atoms with van der Waals surface area (Å²) >= 11 is 0. The van der Waals surface area contributed by atoms with Crippen LogP contribution in [-0.2, 0) is 0 Å². The number of nitrogens with zero attached hydrogens (tertiary/aromatic N) is 1. The second-order valence-electron chi connectivity index (χ2n) is 4.67. The first-order chi connectivity index (χ1) is 7.81. The average molecular weight is 222 g/mol. The van der Waals surface area contributed by atoms with E-state index in [0.717, 1.165) is 0 Å². The monoisotopic (exact) mass is 222 g/mol. The third-order valence-corrected chi connectivity index (χ3v) is 3.58. The molecule has 0 aromatic carbocycles. The minimum absolute atomic E-state index is 0.325. The summed E-state index contributed by atoms with van der Waals surface area (Å²) in [5, 5.41) is 3.56. The largest absolute Gasteiger partial charge is 0.477 e. The zero-order valence-electron chi connectivity index (χ0n) is 9.03. The topological polar surface area (TPSA) is 34.1 Å². The SMILES string of the molecule is Fc1ccc(OCC2CC3CCC2N3)nc1. The maximum absolute atomic E-state index is 12.6. The molecule has 86 valence electrons. The Kier molecular flexibility index (Phi) is 2.52. The molecule has 4 heteroatoms. The van der Waals surface area contributed by atoms with E-state index in [1.165, 1.54) is 31.5 Å². The Balaban J connectivity index is 1.55. The minimum atomic E-state index is -0.325. The Morgan fingerprint density at radius 2 is 2.38 bits per heavy atom. The number of aromatic nitrogens is 1. The molecule has 1 N–H and O–H groups in total. The highest BCUT2D eigenvalue weighted by atomic mass is 19.1. The fourth-order valence-corrected chi connectivity index (χ4v) is 2.76. The first-order valence-electron chi connectivity index (χ1n) is 5.81. The fourth-order valence-electron chi connectivity index (χ4n) is 2.76. The molecule has 16 heavy (non-hydrogen) atoms. The van der Waals surface area contributed by atoms with Crippen LogP contribution >= 0.6 is 0 Å². The zero-order valence-corrected chi connectivity index (χ0v) is 9.03. The van der Waals surface area contributed by atoms with Gasteiger partial charge in [0, 0.05) is 24.1 Å². The molecule has 0 spiro atoms. The summed E-state index contributed by atoms with van der Waals surface area (Å²) in [5.41, 5.74) is 0. The number of fused-ring (bicyclic) bond motifs is 2. The van der Waals surface area contributed by atoms with Crippen molar-refractivity contribution in [2.75, 3.05) is 6.61 Å². The van der Waals surface area contributed by atoms with Gasteiger partial charge in [-0.05, 0) is 25.3 Å². The molecule has 2 aliphatic heterocycles. The molecule has 3 unspecified atom stereocenters. The summed E-state index contributed by atoms with van der Waals surface area (Å²) < 4.78 is 18.2. The van der Waals surface area contributed by atoms with Crippen molar-refractivity contribution in [3.05, 3.63) is 24.1 Å². The average Bonchev–Trinajstić information content (AvgIpc) is 2.90. The van der Waals surface area contributed by atoms with E-state index in [0.29, 0.717) is 30.5 Å². The zero-order chi connectivity index (χ0) is 11.0. The molecule has 1 aromatic heterocycles. The molecule has 0 saturated carbocycles. The minimum Gasteiger partial charge on any atom is -0.477 e. The molecule has 0 aliphatic carbocycles. The first-order valence-corrected chi connectivity index (χ1v) is 5.81. The van der Waals surface area contributed by atoms with E-state index in [-0.39, 0.29) is 5.82 Å². The Morgan fingerprint density at radius 3 is 3.00 bits per heavy atom. The molecular weight excluding hydrogens is 207 g/mol. The highest BCUT2D eigenvalue weighted by Crippen LogP contribution is 2.33. The summed E-state index contributed by atoms with van der Waals surface area (Å²) in [6, 6.07) is 4.27. The summed E-state index contributed by atoms with van der Waals surface area (Å²) in [6.45, 7) is 0.687. The molecule has 0 amide bonds.